The number of pyridine rings is 1. The van der Waals surface area contributed by atoms with Gasteiger partial charge in [0.05, 0.1) is 17.4 Å². The molecule has 2 aromatic heterocycles. The molecule has 1 amide bonds. The van der Waals surface area contributed by atoms with Crippen LogP contribution in [0.5, 0.6) is 0 Å². The monoisotopic (exact) mass is 673 g/mol. The Hall–Kier alpha value is -3.52. The van der Waals surface area contributed by atoms with Crippen LogP contribution in [0.3, 0.4) is 0 Å². The number of para-hydroxylation sites is 1. The molecule has 1 aliphatic heterocycles. The summed E-state index contributed by atoms with van der Waals surface area (Å²) < 4.78 is 43.0. The van der Waals surface area contributed by atoms with Crippen molar-refractivity contribution in [2.45, 2.75) is 26.6 Å². The lowest BCUT2D eigenvalue weighted by Gasteiger charge is -2.33. The third-order valence-electron chi connectivity index (χ3n) is 7.07. The number of aromatic nitrogens is 2. The standard InChI is InChI=1S/C30H31BrF3N7OS/c1-18-5-4-6-24(31)27(18)39-28(42)25-16-35-29(43-25)38-26-15-22(13-19(2)36-26)37-21-8-7-20(23(14-21)30(32,33)34)17-41-11-9-40(3)10-12-41/h4-8,13-16H,9-12,17H2,1-3H3,(H,39,42)(H2,35,36,37,38). The van der Waals surface area contributed by atoms with Gasteiger partial charge < -0.3 is 20.9 Å². The molecule has 13 heteroatoms. The van der Waals surface area contributed by atoms with Crippen molar-refractivity contribution in [3.63, 3.8) is 0 Å². The fourth-order valence-electron chi connectivity index (χ4n) is 4.79. The summed E-state index contributed by atoms with van der Waals surface area (Å²) >= 11 is 4.62. The van der Waals surface area contributed by atoms with E-state index in [2.05, 4.69) is 51.6 Å². The number of anilines is 5. The van der Waals surface area contributed by atoms with Crippen molar-refractivity contribution < 1.29 is 18.0 Å². The van der Waals surface area contributed by atoms with Crippen molar-refractivity contribution >= 4 is 61.2 Å². The lowest BCUT2D eigenvalue weighted by atomic mass is 10.0. The molecule has 0 unspecified atom stereocenters. The van der Waals surface area contributed by atoms with Crippen molar-refractivity contribution in [3.05, 3.63) is 86.5 Å². The van der Waals surface area contributed by atoms with E-state index >= 15 is 0 Å². The van der Waals surface area contributed by atoms with Gasteiger partial charge in [0.2, 0.25) is 0 Å². The SMILES string of the molecule is Cc1cc(Nc2ccc(CN3CCN(C)CC3)c(C(F)(F)F)c2)cc(Nc2ncc(C(=O)Nc3c(C)cccc3Br)s2)n1. The van der Waals surface area contributed by atoms with Gasteiger partial charge in [0.15, 0.2) is 5.13 Å². The Labute approximate surface area is 260 Å². The van der Waals surface area contributed by atoms with Crippen LogP contribution in [0, 0.1) is 13.8 Å². The van der Waals surface area contributed by atoms with Crippen LogP contribution in [0.4, 0.5) is 41.2 Å². The smallest absolute Gasteiger partial charge is 0.355 e. The number of halogens is 4. The molecule has 226 valence electrons. The predicted octanol–water partition coefficient (Wildman–Crippen LogP) is 7.42. The summed E-state index contributed by atoms with van der Waals surface area (Å²) in [6.45, 7) is 7.07. The van der Waals surface area contributed by atoms with Gasteiger partial charge in [-0.15, -0.1) is 0 Å². The second-order valence-corrected chi connectivity index (χ2v) is 12.4. The van der Waals surface area contributed by atoms with E-state index in [1.807, 2.05) is 32.2 Å². The van der Waals surface area contributed by atoms with Gasteiger partial charge in [-0.1, -0.05) is 29.5 Å². The Morgan fingerprint density at radius 3 is 2.51 bits per heavy atom. The number of hydrogen-bond acceptors (Lipinski definition) is 8. The maximum absolute atomic E-state index is 14.1. The lowest BCUT2D eigenvalue weighted by molar-refractivity contribution is -0.138. The van der Waals surface area contributed by atoms with Crippen LogP contribution in [0.15, 0.2) is 59.2 Å². The number of amides is 1. The average Bonchev–Trinajstić information content (AvgIpc) is 3.40. The number of carbonyl (C=O) groups excluding carboxylic acids is 1. The molecule has 3 N–H and O–H groups in total. The van der Waals surface area contributed by atoms with Gasteiger partial charge in [-0.3, -0.25) is 9.69 Å². The molecular weight excluding hydrogens is 643 g/mol. The minimum absolute atomic E-state index is 0.251. The third kappa shape index (κ3) is 7.91. The van der Waals surface area contributed by atoms with E-state index in [9.17, 15) is 18.0 Å². The molecule has 1 aliphatic rings. The largest absolute Gasteiger partial charge is 0.416 e. The van der Waals surface area contributed by atoms with Gasteiger partial charge >= 0.3 is 6.18 Å². The van der Waals surface area contributed by atoms with E-state index in [0.29, 0.717) is 38.6 Å². The molecule has 1 saturated heterocycles. The number of aryl methyl sites for hydroxylation is 2. The number of thiazole rings is 1. The molecule has 4 aromatic rings. The lowest BCUT2D eigenvalue weighted by Crippen LogP contribution is -2.44. The van der Waals surface area contributed by atoms with E-state index < -0.39 is 11.7 Å². The summed E-state index contributed by atoms with van der Waals surface area (Å²) in [4.78, 5) is 26.3. The second-order valence-electron chi connectivity index (χ2n) is 10.5. The fourth-order valence-corrected chi connectivity index (χ4v) is 6.07. The highest BCUT2D eigenvalue weighted by Gasteiger charge is 2.34. The molecule has 0 saturated carbocycles. The number of nitrogens with zero attached hydrogens (tertiary/aromatic N) is 4. The van der Waals surface area contributed by atoms with E-state index in [-0.39, 0.29) is 18.0 Å². The number of alkyl halides is 3. The molecule has 3 heterocycles. The number of benzene rings is 2. The molecule has 0 spiro atoms. The Balaban J connectivity index is 1.29. The zero-order valence-electron chi connectivity index (χ0n) is 23.8. The summed E-state index contributed by atoms with van der Waals surface area (Å²) in [5.74, 6) is 0.143. The minimum atomic E-state index is -4.48. The van der Waals surface area contributed by atoms with E-state index in [1.165, 1.54) is 6.20 Å². The first-order valence-electron chi connectivity index (χ1n) is 13.6. The van der Waals surface area contributed by atoms with Crippen LogP contribution >= 0.6 is 27.3 Å². The summed E-state index contributed by atoms with van der Waals surface area (Å²) in [5.41, 5.74) is 2.75. The zero-order valence-corrected chi connectivity index (χ0v) is 26.3. The maximum atomic E-state index is 14.1. The van der Waals surface area contributed by atoms with Gasteiger partial charge in [0.1, 0.15) is 10.7 Å². The van der Waals surface area contributed by atoms with Gasteiger partial charge in [-0.25, -0.2) is 9.97 Å². The van der Waals surface area contributed by atoms with Crippen LogP contribution in [0.1, 0.15) is 32.1 Å². The highest BCUT2D eigenvalue weighted by Crippen LogP contribution is 2.36. The zero-order chi connectivity index (χ0) is 30.7. The third-order valence-corrected chi connectivity index (χ3v) is 8.64. The van der Waals surface area contributed by atoms with Crippen LogP contribution < -0.4 is 16.0 Å². The van der Waals surface area contributed by atoms with E-state index in [4.69, 9.17) is 0 Å². The second kappa shape index (κ2) is 13.0. The first kappa shape index (κ1) is 30.9. The summed E-state index contributed by atoms with van der Waals surface area (Å²) in [5, 5.41) is 9.56. The number of likely N-dealkylation sites (N-methyl/N-ethyl adjacent to an activating group) is 1. The van der Waals surface area contributed by atoms with Crippen LogP contribution in [0.25, 0.3) is 0 Å². The number of carbonyl (C=O) groups is 1. The fraction of sp³-hybridized carbons (Fsp3) is 0.300. The van der Waals surface area contributed by atoms with Gasteiger partial charge in [0, 0.05) is 60.3 Å². The molecule has 0 aliphatic carbocycles. The quantitative estimate of drug-likeness (QED) is 0.179. The van der Waals surface area contributed by atoms with Crippen molar-refractivity contribution in [2.75, 3.05) is 49.2 Å². The highest BCUT2D eigenvalue weighted by molar-refractivity contribution is 9.10. The number of piperazine rings is 1. The Morgan fingerprint density at radius 2 is 1.79 bits per heavy atom. The van der Waals surface area contributed by atoms with Crippen molar-refractivity contribution in [2.24, 2.45) is 0 Å². The molecule has 0 radical (unpaired) electrons. The molecule has 0 atom stereocenters. The molecule has 2 aromatic carbocycles. The Bertz CT molecular complexity index is 1600. The first-order valence-corrected chi connectivity index (χ1v) is 15.2. The molecule has 8 nitrogen and oxygen atoms in total. The number of nitrogens with one attached hydrogen (secondary N) is 3. The minimum Gasteiger partial charge on any atom is -0.355 e. The molecule has 1 fully saturated rings. The maximum Gasteiger partial charge on any atom is 0.416 e. The van der Waals surface area contributed by atoms with E-state index in [0.717, 1.165) is 53.6 Å². The van der Waals surface area contributed by atoms with Crippen LogP contribution in [-0.2, 0) is 12.7 Å². The summed E-state index contributed by atoms with van der Waals surface area (Å²) in [6.07, 6.45) is -3.00. The molecule has 0 bridgehead atoms. The molecular formula is C30H31BrF3N7OS. The number of hydrogen-bond donors (Lipinski definition) is 3. The topological polar surface area (TPSA) is 85.4 Å². The van der Waals surface area contributed by atoms with Crippen molar-refractivity contribution in [1.82, 2.24) is 19.8 Å². The van der Waals surface area contributed by atoms with Gasteiger partial charge in [0.25, 0.3) is 5.91 Å². The molecule has 43 heavy (non-hydrogen) atoms. The number of rotatable bonds is 8. The predicted molar refractivity (Wildman–Crippen MR) is 169 cm³/mol. The van der Waals surface area contributed by atoms with Crippen molar-refractivity contribution in [3.8, 4) is 0 Å². The van der Waals surface area contributed by atoms with Crippen LogP contribution in [0.2, 0.25) is 0 Å². The Morgan fingerprint density at radius 1 is 1.02 bits per heavy atom. The van der Waals surface area contributed by atoms with Crippen molar-refractivity contribution in [1.29, 1.82) is 0 Å². The summed E-state index contributed by atoms with van der Waals surface area (Å²) in [6, 6.07) is 13.5. The van der Waals surface area contributed by atoms with E-state index in [1.54, 1.807) is 31.2 Å². The summed E-state index contributed by atoms with van der Waals surface area (Å²) in [7, 11) is 2.01. The Kier molecular flexibility index (Phi) is 9.35. The van der Waals surface area contributed by atoms with Gasteiger partial charge in [-0.2, -0.15) is 13.2 Å². The average molecular weight is 675 g/mol. The van der Waals surface area contributed by atoms with Crippen LogP contribution in [-0.4, -0.2) is 58.9 Å². The molecule has 5 rings (SSSR count). The first-order chi connectivity index (χ1) is 20.4. The highest BCUT2D eigenvalue weighted by atomic mass is 79.9. The van der Waals surface area contributed by atoms with Gasteiger partial charge in [-0.05, 0) is 72.2 Å². The normalized spacial score (nSPS) is 14.5.